The van der Waals surface area contributed by atoms with Gasteiger partial charge in [-0.2, -0.15) is 12.6 Å². The minimum Gasteiger partial charge on any atom is -0.293 e. The Morgan fingerprint density at radius 2 is 2.40 bits per heavy atom. The SMILES string of the molecule is O=C1CC(S)CN1c1ncc(Br)cc1F. The summed E-state index contributed by atoms with van der Waals surface area (Å²) in [5.74, 6) is -0.552. The zero-order valence-corrected chi connectivity index (χ0v) is 10.1. The van der Waals surface area contributed by atoms with Crippen LogP contribution in [0.4, 0.5) is 10.2 Å². The lowest BCUT2D eigenvalue weighted by Gasteiger charge is -2.15. The van der Waals surface area contributed by atoms with Gasteiger partial charge >= 0.3 is 0 Å². The zero-order chi connectivity index (χ0) is 11.0. The van der Waals surface area contributed by atoms with Crippen molar-refractivity contribution in [3.8, 4) is 0 Å². The summed E-state index contributed by atoms with van der Waals surface area (Å²) in [4.78, 5) is 16.7. The number of nitrogens with zero attached hydrogens (tertiary/aromatic N) is 2. The summed E-state index contributed by atoms with van der Waals surface area (Å²) in [7, 11) is 0. The number of hydrogen-bond donors (Lipinski definition) is 1. The molecule has 0 radical (unpaired) electrons. The third kappa shape index (κ3) is 2.15. The Balaban J connectivity index is 2.34. The molecule has 80 valence electrons. The van der Waals surface area contributed by atoms with Gasteiger partial charge in [-0.05, 0) is 22.0 Å². The zero-order valence-electron chi connectivity index (χ0n) is 7.65. The molecule has 1 unspecified atom stereocenters. The second-order valence-electron chi connectivity index (χ2n) is 3.32. The fourth-order valence-corrected chi connectivity index (χ4v) is 2.12. The summed E-state index contributed by atoms with van der Waals surface area (Å²) in [5, 5.41) is -0.0395. The van der Waals surface area contributed by atoms with Crippen LogP contribution < -0.4 is 4.90 Å². The van der Waals surface area contributed by atoms with Crippen LogP contribution in [0.1, 0.15) is 6.42 Å². The first kappa shape index (κ1) is 10.9. The van der Waals surface area contributed by atoms with Crippen LogP contribution >= 0.6 is 28.6 Å². The van der Waals surface area contributed by atoms with Crippen molar-refractivity contribution in [2.45, 2.75) is 11.7 Å². The van der Waals surface area contributed by atoms with Gasteiger partial charge in [-0.25, -0.2) is 9.37 Å². The number of hydrogen-bond acceptors (Lipinski definition) is 3. The van der Waals surface area contributed by atoms with E-state index in [1.165, 1.54) is 17.2 Å². The third-order valence-corrected chi connectivity index (χ3v) is 2.93. The molecule has 1 fully saturated rings. The average molecular weight is 291 g/mol. The molecule has 1 amide bonds. The molecule has 0 spiro atoms. The number of amides is 1. The van der Waals surface area contributed by atoms with Gasteiger partial charge in [0.15, 0.2) is 11.6 Å². The second kappa shape index (κ2) is 4.09. The lowest BCUT2D eigenvalue weighted by molar-refractivity contribution is -0.117. The highest BCUT2D eigenvalue weighted by atomic mass is 79.9. The number of aromatic nitrogens is 1. The number of rotatable bonds is 1. The first-order valence-corrected chi connectivity index (χ1v) is 5.68. The van der Waals surface area contributed by atoms with Crippen LogP contribution in [0.3, 0.4) is 0 Å². The third-order valence-electron chi connectivity index (χ3n) is 2.15. The Bertz CT molecular complexity index is 415. The standard InChI is InChI=1S/C9H8BrFN2OS/c10-5-1-7(11)9(12-3-5)13-4-6(15)2-8(13)14/h1,3,6,15H,2,4H2. The van der Waals surface area contributed by atoms with Crippen molar-refractivity contribution in [2.75, 3.05) is 11.4 Å². The largest absolute Gasteiger partial charge is 0.293 e. The number of carbonyl (C=O) groups is 1. The minimum absolute atomic E-state index is 0.0395. The quantitative estimate of drug-likeness (QED) is 0.803. The van der Waals surface area contributed by atoms with Crippen LogP contribution in [0, 0.1) is 5.82 Å². The van der Waals surface area contributed by atoms with Gasteiger partial charge in [-0.3, -0.25) is 9.69 Å². The van der Waals surface area contributed by atoms with E-state index in [0.717, 1.165) is 0 Å². The van der Waals surface area contributed by atoms with E-state index in [4.69, 9.17) is 0 Å². The van der Waals surface area contributed by atoms with Crippen molar-refractivity contribution in [1.29, 1.82) is 0 Å². The highest BCUT2D eigenvalue weighted by molar-refractivity contribution is 9.10. The lowest BCUT2D eigenvalue weighted by Crippen LogP contribution is -2.26. The van der Waals surface area contributed by atoms with E-state index < -0.39 is 5.82 Å². The number of anilines is 1. The molecule has 15 heavy (non-hydrogen) atoms. The summed E-state index contributed by atoms with van der Waals surface area (Å²) in [6.07, 6.45) is 1.80. The van der Waals surface area contributed by atoms with Crippen molar-refractivity contribution in [1.82, 2.24) is 4.98 Å². The van der Waals surface area contributed by atoms with Crippen LogP contribution in [-0.4, -0.2) is 22.7 Å². The molecular formula is C9H8BrFN2OS. The van der Waals surface area contributed by atoms with Gasteiger partial charge in [0.1, 0.15) is 0 Å². The Morgan fingerprint density at radius 3 is 2.93 bits per heavy atom. The molecule has 1 aromatic heterocycles. The first-order chi connectivity index (χ1) is 7.08. The minimum atomic E-state index is -0.500. The van der Waals surface area contributed by atoms with Crippen LogP contribution in [0.2, 0.25) is 0 Å². The molecule has 1 saturated heterocycles. The molecule has 0 N–H and O–H groups in total. The van der Waals surface area contributed by atoms with Crippen molar-refractivity contribution in [3.63, 3.8) is 0 Å². The number of carbonyl (C=O) groups excluding carboxylic acids is 1. The van der Waals surface area contributed by atoms with Gasteiger partial charge in [0.05, 0.1) is 0 Å². The second-order valence-corrected chi connectivity index (χ2v) is 4.97. The van der Waals surface area contributed by atoms with Crippen LogP contribution in [0.15, 0.2) is 16.7 Å². The first-order valence-electron chi connectivity index (χ1n) is 4.37. The highest BCUT2D eigenvalue weighted by Gasteiger charge is 2.30. The van der Waals surface area contributed by atoms with Crippen molar-refractivity contribution >= 4 is 40.3 Å². The predicted molar refractivity (Wildman–Crippen MR) is 61.6 cm³/mol. The summed E-state index contributed by atoms with van der Waals surface area (Å²) in [6.45, 7) is 0.410. The normalized spacial score (nSPS) is 21.1. The van der Waals surface area contributed by atoms with Gasteiger partial charge in [-0.15, -0.1) is 0 Å². The van der Waals surface area contributed by atoms with E-state index in [1.807, 2.05) is 0 Å². The van der Waals surface area contributed by atoms with E-state index in [9.17, 15) is 9.18 Å². The monoisotopic (exact) mass is 290 g/mol. The molecule has 1 atom stereocenters. The molecule has 6 heteroatoms. The lowest BCUT2D eigenvalue weighted by atomic mass is 10.4. The maximum absolute atomic E-state index is 13.5. The van der Waals surface area contributed by atoms with Crippen LogP contribution in [0.25, 0.3) is 0 Å². The Labute approximate surface area is 100 Å². The van der Waals surface area contributed by atoms with Gasteiger partial charge < -0.3 is 0 Å². The molecule has 2 rings (SSSR count). The van der Waals surface area contributed by atoms with Gasteiger partial charge in [-0.1, -0.05) is 0 Å². The maximum Gasteiger partial charge on any atom is 0.229 e. The predicted octanol–water partition coefficient (Wildman–Crippen LogP) is 2.02. The summed E-state index contributed by atoms with van der Waals surface area (Å²) in [5.41, 5.74) is 0. The number of thiol groups is 1. The topological polar surface area (TPSA) is 33.2 Å². The van der Waals surface area contributed by atoms with Gasteiger partial charge in [0.25, 0.3) is 0 Å². The summed E-state index contributed by atoms with van der Waals surface area (Å²) in [6, 6.07) is 1.29. The molecule has 2 heterocycles. The van der Waals surface area contributed by atoms with Crippen molar-refractivity contribution < 1.29 is 9.18 Å². The Hall–Kier alpha value is -0.620. The fourth-order valence-electron chi connectivity index (χ4n) is 1.50. The van der Waals surface area contributed by atoms with Crippen LogP contribution in [0.5, 0.6) is 0 Å². The molecule has 0 aromatic carbocycles. The van der Waals surface area contributed by atoms with Gasteiger partial charge in [0.2, 0.25) is 5.91 Å². The van der Waals surface area contributed by atoms with Crippen LogP contribution in [-0.2, 0) is 4.79 Å². The molecular weight excluding hydrogens is 283 g/mol. The molecule has 0 aliphatic carbocycles. The summed E-state index contributed by atoms with van der Waals surface area (Å²) < 4.78 is 14.0. The molecule has 3 nitrogen and oxygen atoms in total. The Kier molecular flexibility index (Phi) is 2.97. The average Bonchev–Trinajstić information content (AvgIpc) is 2.45. The molecule has 0 saturated carbocycles. The van der Waals surface area contributed by atoms with Crippen molar-refractivity contribution in [3.05, 3.63) is 22.6 Å². The number of halogens is 2. The van der Waals surface area contributed by atoms with E-state index in [0.29, 0.717) is 17.4 Å². The maximum atomic E-state index is 13.5. The smallest absolute Gasteiger partial charge is 0.229 e. The van der Waals surface area contributed by atoms with E-state index >= 15 is 0 Å². The Morgan fingerprint density at radius 1 is 1.67 bits per heavy atom. The van der Waals surface area contributed by atoms with E-state index in [1.54, 1.807) is 0 Å². The highest BCUT2D eigenvalue weighted by Crippen LogP contribution is 2.25. The van der Waals surface area contributed by atoms with Crippen molar-refractivity contribution in [2.24, 2.45) is 0 Å². The molecule has 0 bridgehead atoms. The fraction of sp³-hybridized carbons (Fsp3) is 0.333. The molecule has 1 aromatic rings. The van der Waals surface area contributed by atoms with E-state index in [2.05, 4.69) is 33.5 Å². The van der Waals surface area contributed by atoms with Gasteiger partial charge in [0, 0.05) is 28.9 Å². The summed E-state index contributed by atoms with van der Waals surface area (Å²) >= 11 is 7.30. The molecule has 1 aliphatic rings. The molecule has 1 aliphatic heterocycles. The number of pyridine rings is 1. The van der Waals surface area contributed by atoms with E-state index in [-0.39, 0.29) is 17.0 Å².